The maximum Gasteiger partial charge on any atom is 0.243 e. The Bertz CT molecular complexity index is 566. The van der Waals surface area contributed by atoms with Crippen LogP contribution >= 0.6 is 23.2 Å². The van der Waals surface area contributed by atoms with Crippen molar-refractivity contribution < 1.29 is 20.8 Å². The Balaban J connectivity index is 0.00000200. The second kappa shape index (κ2) is 7.29. The summed E-state index contributed by atoms with van der Waals surface area (Å²) in [5.74, 6) is 0. The lowest BCUT2D eigenvalue weighted by Gasteiger charge is -2.20. The van der Waals surface area contributed by atoms with Crippen LogP contribution in [-0.4, -0.2) is 50.8 Å². The standard InChI is InChI=1S/C12H16Cl2N2O2S.ClH/c1-15-5-2-6-16(8-7-15)19(17,18)10-3-4-11(13)12(14)9-10;/h3-4,9H,2,5-8H2,1H3;1H/p-1. The lowest BCUT2D eigenvalue weighted by atomic mass is 10.4. The Morgan fingerprint density at radius 2 is 1.75 bits per heavy atom. The predicted octanol–water partition coefficient (Wildman–Crippen LogP) is -0.676. The van der Waals surface area contributed by atoms with E-state index in [9.17, 15) is 8.42 Å². The summed E-state index contributed by atoms with van der Waals surface area (Å²) in [7, 11) is -1.49. The van der Waals surface area contributed by atoms with E-state index >= 15 is 0 Å². The Hall–Kier alpha value is -0.0400. The van der Waals surface area contributed by atoms with Gasteiger partial charge in [0.05, 0.1) is 14.9 Å². The van der Waals surface area contributed by atoms with E-state index in [1.807, 2.05) is 7.05 Å². The van der Waals surface area contributed by atoms with Crippen molar-refractivity contribution in [3.63, 3.8) is 0 Å². The third kappa shape index (κ3) is 4.00. The van der Waals surface area contributed by atoms with Gasteiger partial charge < -0.3 is 17.3 Å². The Labute approximate surface area is 136 Å². The molecule has 114 valence electrons. The van der Waals surface area contributed by atoms with Crippen LogP contribution in [0.15, 0.2) is 23.1 Å². The molecular formula is C12H16Cl3N2O2S-. The fraction of sp³-hybridized carbons (Fsp3) is 0.500. The van der Waals surface area contributed by atoms with Crippen LogP contribution in [0.25, 0.3) is 0 Å². The zero-order valence-electron chi connectivity index (χ0n) is 11.0. The second-order valence-electron chi connectivity index (χ2n) is 4.64. The van der Waals surface area contributed by atoms with Crippen LogP contribution in [0.5, 0.6) is 0 Å². The first-order valence-corrected chi connectivity index (χ1v) is 8.24. The molecule has 1 aliphatic rings. The largest absolute Gasteiger partial charge is 1.00 e. The molecule has 1 aromatic rings. The van der Waals surface area contributed by atoms with E-state index in [-0.39, 0.29) is 22.3 Å². The predicted molar refractivity (Wildman–Crippen MR) is 77.3 cm³/mol. The van der Waals surface area contributed by atoms with Crippen molar-refractivity contribution in [3.8, 4) is 0 Å². The molecule has 0 aromatic heterocycles. The molecule has 0 amide bonds. The van der Waals surface area contributed by atoms with Gasteiger partial charge in [-0.05, 0) is 38.2 Å². The molecule has 1 heterocycles. The SMILES string of the molecule is CN1CCCN(S(=O)(=O)c2ccc(Cl)c(Cl)c2)CC1.[Cl-]. The molecule has 0 saturated carbocycles. The first-order valence-electron chi connectivity index (χ1n) is 6.05. The minimum absolute atomic E-state index is 0. The summed E-state index contributed by atoms with van der Waals surface area (Å²) in [5.41, 5.74) is 0. The molecule has 8 heteroatoms. The summed E-state index contributed by atoms with van der Waals surface area (Å²) in [6.45, 7) is 2.68. The zero-order chi connectivity index (χ0) is 14.0. The zero-order valence-corrected chi connectivity index (χ0v) is 14.1. The highest BCUT2D eigenvalue weighted by molar-refractivity contribution is 7.89. The normalized spacial score (nSPS) is 18.4. The highest BCUT2D eigenvalue weighted by Crippen LogP contribution is 2.26. The number of nitrogens with zero attached hydrogens (tertiary/aromatic N) is 2. The van der Waals surface area contributed by atoms with Crippen molar-refractivity contribution in [2.75, 3.05) is 33.2 Å². The van der Waals surface area contributed by atoms with E-state index in [2.05, 4.69) is 4.90 Å². The van der Waals surface area contributed by atoms with Gasteiger partial charge in [0.2, 0.25) is 10.0 Å². The average molecular weight is 359 g/mol. The van der Waals surface area contributed by atoms with E-state index in [1.165, 1.54) is 22.5 Å². The van der Waals surface area contributed by atoms with Crippen molar-refractivity contribution in [1.82, 2.24) is 9.21 Å². The van der Waals surface area contributed by atoms with Gasteiger partial charge in [0.25, 0.3) is 0 Å². The number of benzene rings is 1. The first kappa shape index (κ1) is 18.0. The van der Waals surface area contributed by atoms with E-state index in [1.54, 1.807) is 0 Å². The van der Waals surface area contributed by atoms with Crippen molar-refractivity contribution >= 4 is 33.2 Å². The highest BCUT2D eigenvalue weighted by Gasteiger charge is 2.26. The molecular weight excluding hydrogens is 343 g/mol. The van der Waals surface area contributed by atoms with Crippen LogP contribution in [0.1, 0.15) is 6.42 Å². The van der Waals surface area contributed by atoms with Crippen molar-refractivity contribution in [1.29, 1.82) is 0 Å². The number of halogens is 3. The molecule has 1 fully saturated rings. The Kier molecular flexibility index (Phi) is 6.57. The van der Waals surface area contributed by atoms with Crippen LogP contribution in [0, 0.1) is 0 Å². The van der Waals surface area contributed by atoms with Gasteiger partial charge in [-0.3, -0.25) is 0 Å². The molecule has 1 aliphatic heterocycles. The van der Waals surface area contributed by atoms with Gasteiger partial charge >= 0.3 is 0 Å². The molecule has 0 N–H and O–H groups in total. The van der Waals surface area contributed by atoms with Crippen LogP contribution in [0.4, 0.5) is 0 Å². The summed E-state index contributed by atoms with van der Waals surface area (Å²) < 4.78 is 26.5. The number of hydrogen-bond donors (Lipinski definition) is 0. The molecule has 1 aromatic carbocycles. The van der Waals surface area contributed by atoms with Gasteiger partial charge in [-0.2, -0.15) is 4.31 Å². The van der Waals surface area contributed by atoms with Crippen LogP contribution in [-0.2, 0) is 10.0 Å². The fourth-order valence-electron chi connectivity index (χ4n) is 2.05. The summed E-state index contributed by atoms with van der Waals surface area (Å²) >= 11 is 11.7. The van der Waals surface area contributed by atoms with Gasteiger partial charge in [-0.25, -0.2) is 8.42 Å². The van der Waals surface area contributed by atoms with Gasteiger partial charge in [0.1, 0.15) is 0 Å². The van der Waals surface area contributed by atoms with Gasteiger partial charge in [0.15, 0.2) is 0 Å². The maximum absolute atomic E-state index is 12.5. The molecule has 4 nitrogen and oxygen atoms in total. The van der Waals surface area contributed by atoms with Gasteiger partial charge in [-0.1, -0.05) is 23.2 Å². The number of rotatable bonds is 2. The van der Waals surface area contributed by atoms with Crippen LogP contribution in [0.2, 0.25) is 10.0 Å². The lowest BCUT2D eigenvalue weighted by molar-refractivity contribution is -0.00000634. The van der Waals surface area contributed by atoms with Crippen LogP contribution < -0.4 is 12.4 Å². The second-order valence-corrected chi connectivity index (χ2v) is 7.39. The van der Waals surface area contributed by atoms with E-state index in [0.29, 0.717) is 18.1 Å². The van der Waals surface area contributed by atoms with E-state index in [4.69, 9.17) is 23.2 Å². The molecule has 1 saturated heterocycles. The summed E-state index contributed by atoms with van der Waals surface area (Å²) in [6, 6.07) is 4.42. The molecule has 0 spiro atoms. The van der Waals surface area contributed by atoms with Crippen molar-refractivity contribution in [2.45, 2.75) is 11.3 Å². The van der Waals surface area contributed by atoms with E-state index in [0.717, 1.165) is 19.5 Å². The maximum atomic E-state index is 12.5. The topological polar surface area (TPSA) is 40.6 Å². The van der Waals surface area contributed by atoms with Crippen molar-refractivity contribution in [3.05, 3.63) is 28.2 Å². The quantitative estimate of drug-likeness (QED) is 0.704. The third-order valence-corrected chi connectivity index (χ3v) is 5.84. The third-order valence-electron chi connectivity index (χ3n) is 3.21. The van der Waals surface area contributed by atoms with Gasteiger partial charge in [-0.15, -0.1) is 0 Å². The Morgan fingerprint density at radius 1 is 1.05 bits per heavy atom. The van der Waals surface area contributed by atoms with Crippen LogP contribution in [0.3, 0.4) is 0 Å². The van der Waals surface area contributed by atoms with E-state index < -0.39 is 10.0 Å². The minimum Gasteiger partial charge on any atom is -1.00 e. The smallest absolute Gasteiger partial charge is 0.243 e. The highest BCUT2D eigenvalue weighted by atomic mass is 35.5. The molecule has 0 radical (unpaired) electrons. The number of likely N-dealkylation sites (N-methyl/N-ethyl adjacent to an activating group) is 1. The monoisotopic (exact) mass is 357 g/mol. The number of hydrogen-bond acceptors (Lipinski definition) is 3. The summed E-state index contributed by atoms with van der Waals surface area (Å²) in [4.78, 5) is 2.33. The molecule has 0 atom stereocenters. The molecule has 20 heavy (non-hydrogen) atoms. The summed E-state index contributed by atoms with van der Waals surface area (Å²) in [5, 5.41) is 0.617. The molecule has 2 rings (SSSR count). The molecule has 0 aliphatic carbocycles. The molecule has 0 unspecified atom stereocenters. The lowest BCUT2D eigenvalue weighted by Crippen LogP contribution is -3.00. The molecule has 0 bridgehead atoms. The van der Waals surface area contributed by atoms with Crippen molar-refractivity contribution in [2.24, 2.45) is 0 Å². The van der Waals surface area contributed by atoms with Gasteiger partial charge in [0, 0.05) is 19.6 Å². The Morgan fingerprint density at radius 3 is 2.40 bits per heavy atom. The fourth-order valence-corrected chi connectivity index (χ4v) is 3.91. The average Bonchev–Trinajstić information content (AvgIpc) is 2.57. The first-order chi connectivity index (χ1) is 8.91. The number of sulfonamides is 1. The summed E-state index contributed by atoms with van der Waals surface area (Å²) in [6.07, 6.45) is 0.830. The minimum atomic E-state index is -3.48.